The first-order chi connectivity index (χ1) is 5.43. The maximum atomic E-state index is 5.09. The summed E-state index contributed by atoms with van der Waals surface area (Å²) in [7, 11) is 0. The van der Waals surface area contributed by atoms with Gasteiger partial charge in [0.15, 0.2) is 0 Å². The lowest BCUT2D eigenvalue weighted by Gasteiger charge is -1.90. The highest BCUT2D eigenvalue weighted by Gasteiger charge is 1.80. The molecule has 1 aromatic rings. The number of rotatable bonds is 3. The molecule has 0 amide bonds. The molecule has 11 heavy (non-hydrogen) atoms. The van der Waals surface area contributed by atoms with Crippen LogP contribution < -0.4 is 11.3 Å². The van der Waals surface area contributed by atoms with E-state index < -0.39 is 0 Å². The van der Waals surface area contributed by atoms with Gasteiger partial charge in [0.1, 0.15) is 0 Å². The Morgan fingerprint density at radius 1 is 1.27 bits per heavy atom. The SMILES string of the molecule is NNC/C=C\c1ccccc1. The molecule has 0 saturated heterocycles. The third-order valence-electron chi connectivity index (χ3n) is 1.35. The van der Waals surface area contributed by atoms with Gasteiger partial charge < -0.3 is 0 Å². The minimum Gasteiger partial charge on any atom is -0.271 e. The van der Waals surface area contributed by atoms with Crippen LogP contribution >= 0.6 is 0 Å². The third kappa shape index (κ3) is 2.98. The fraction of sp³-hybridized carbons (Fsp3) is 0.111. The second-order valence-electron chi connectivity index (χ2n) is 2.22. The highest BCUT2D eigenvalue weighted by molar-refractivity contribution is 5.48. The van der Waals surface area contributed by atoms with Gasteiger partial charge in [0, 0.05) is 6.54 Å². The summed E-state index contributed by atoms with van der Waals surface area (Å²) in [5.74, 6) is 5.09. The maximum Gasteiger partial charge on any atom is 0.0281 e. The highest BCUT2D eigenvalue weighted by Crippen LogP contribution is 1.99. The molecule has 0 saturated carbocycles. The molecule has 0 aliphatic rings. The summed E-state index contributed by atoms with van der Waals surface area (Å²) < 4.78 is 0. The van der Waals surface area contributed by atoms with Gasteiger partial charge in [0.25, 0.3) is 0 Å². The van der Waals surface area contributed by atoms with Gasteiger partial charge in [0.05, 0.1) is 0 Å². The molecule has 0 aliphatic heterocycles. The summed E-state index contributed by atoms with van der Waals surface area (Å²) in [6.07, 6.45) is 4.01. The van der Waals surface area contributed by atoms with Crippen molar-refractivity contribution < 1.29 is 0 Å². The van der Waals surface area contributed by atoms with Crippen LogP contribution in [-0.2, 0) is 0 Å². The van der Waals surface area contributed by atoms with Crippen LogP contribution in [0.25, 0.3) is 6.08 Å². The average molecular weight is 148 g/mol. The third-order valence-corrected chi connectivity index (χ3v) is 1.35. The Labute approximate surface area is 66.7 Å². The summed E-state index contributed by atoms with van der Waals surface area (Å²) in [6, 6.07) is 10.1. The van der Waals surface area contributed by atoms with Crippen LogP contribution in [0.2, 0.25) is 0 Å². The summed E-state index contributed by atoms with van der Waals surface area (Å²) in [5.41, 5.74) is 3.75. The van der Waals surface area contributed by atoms with Gasteiger partial charge in [-0.05, 0) is 5.56 Å². The maximum absolute atomic E-state index is 5.09. The van der Waals surface area contributed by atoms with Gasteiger partial charge >= 0.3 is 0 Å². The molecule has 0 aromatic heterocycles. The number of nitrogens with one attached hydrogen (secondary N) is 1. The van der Waals surface area contributed by atoms with E-state index in [0.717, 1.165) is 0 Å². The molecule has 0 bridgehead atoms. The lowest BCUT2D eigenvalue weighted by Crippen LogP contribution is -2.21. The van der Waals surface area contributed by atoms with Gasteiger partial charge in [-0.3, -0.25) is 11.3 Å². The van der Waals surface area contributed by atoms with E-state index in [2.05, 4.69) is 5.43 Å². The average Bonchev–Trinajstić information content (AvgIpc) is 2.07. The highest BCUT2D eigenvalue weighted by atomic mass is 15.2. The Hall–Kier alpha value is -1.12. The molecule has 0 unspecified atom stereocenters. The Morgan fingerprint density at radius 2 is 2.00 bits per heavy atom. The van der Waals surface area contributed by atoms with Gasteiger partial charge in [0.2, 0.25) is 0 Å². The Balaban J connectivity index is 2.50. The molecule has 2 heteroatoms. The van der Waals surface area contributed by atoms with E-state index in [-0.39, 0.29) is 0 Å². The van der Waals surface area contributed by atoms with E-state index in [0.29, 0.717) is 6.54 Å². The number of benzene rings is 1. The van der Waals surface area contributed by atoms with Gasteiger partial charge in [-0.25, -0.2) is 0 Å². The summed E-state index contributed by atoms with van der Waals surface area (Å²) in [6.45, 7) is 0.703. The van der Waals surface area contributed by atoms with Crippen LogP contribution in [0.3, 0.4) is 0 Å². The molecule has 1 rings (SSSR count). The van der Waals surface area contributed by atoms with Crippen LogP contribution in [-0.4, -0.2) is 6.54 Å². The van der Waals surface area contributed by atoms with Crippen molar-refractivity contribution in [2.45, 2.75) is 0 Å². The Kier molecular flexibility index (Phi) is 3.38. The molecular formula is C9H12N2. The zero-order valence-corrected chi connectivity index (χ0v) is 6.33. The van der Waals surface area contributed by atoms with Crippen molar-refractivity contribution in [2.75, 3.05) is 6.54 Å². The summed E-state index contributed by atoms with van der Waals surface area (Å²) in [4.78, 5) is 0. The minimum atomic E-state index is 0.703. The van der Waals surface area contributed by atoms with E-state index in [9.17, 15) is 0 Å². The summed E-state index contributed by atoms with van der Waals surface area (Å²) in [5, 5.41) is 0. The van der Waals surface area contributed by atoms with E-state index >= 15 is 0 Å². The Morgan fingerprint density at radius 3 is 2.64 bits per heavy atom. The minimum absolute atomic E-state index is 0.703. The predicted molar refractivity (Wildman–Crippen MR) is 47.7 cm³/mol. The van der Waals surface area contributed by atoms with E-state index in [1.54, 1.807) is 0 Å². The first kappa shape index (κ1) is 7.98. The molecule has 0 heterocycles. The normalized spacial score (nSPS) is 10.6. The molecular weight excluding hydrogens is 136 g/mol. The lowest BCUT2D eigenvalue weighted by molar-refractivity contribution is 0.825. The van der Waals surface area contributed by atoms with Crippen LogP contribution in [0, 0.1) is 0 Å². The first-order valence-electron chi connectivity index (χ1n) is 3.58. The molecule has 2 nitrogen and oxygen atoms in total. The van der Waals surface area contributed by atoms with Crippen molar-refractivity contribution in [1.82, 2.24) is 5.43 Å². The number of hydrogen-bond acceptors (Lipinski definition) is 2. The fourth-order valence-corrected chi connectivity index (χ4v) is 0.827. The zero-order chi connectivity index (χ0) is 7.94. The zero-order valence-electron chi connectivity index (χ0n) is 6.33. The molecule has 0 spiro atoms. The molecule has 0 fully saturated rings. The van der Waals surface area contributed by atoms with Crippen LogP contribution in [0.1, 0.15) is 5.56 Å². The van der Waals surface area contributed by atoms with Crippen LogP contribution in [0.15, 0.2) is 36.4 Å². The van der Waals surface area contributed by atoms with Crippen molar-refractivity contribution in [1.29, 1.82) is 0 Å². The number of hydrogen-bond donors (Lipinski definition) is 2. The van der Waals surface area contributed by atoms with Crippen molar-refractivity contribution in [3.05, 3.63) is 42.0 Å². The van der Waals surface area contributed by atoms with Crippen molar-refractivity contribution in [3.8, 4) is 0 Å². The molecule has 0 aliphatic carbocycles. The molecule has 0 radical (unpaired) electrons. The van der Waals surface area contributed by atoms with Crippen LogP contribution in [0.4, 0.5) is 0 Å². The van der Waals surface area contributed by atoms with Gasteiger partial charge in [-0.15, -0.1) is 0 Å². The second kappa shape index (κ2) is 4.66. The van der Waals surface area contributed by atoms with Crippen molar-refractivity contribution in [2.24, 2.45) is 5.84 Å². The van der Waals surface area contributed by atoms with E-state index in [4.69, 9.17) is 5.84 Å². The van der Waals surface area contributed by atoms with E-state index in [1.165, 1.54) is 5.56 Å². The summed E-state index contributed by atoms with van der Waals surface area (Å²) >= 11 is 0. The smallest absolute Gasteiger partial charge is 0.0281 e. The number of hydrazine groups is 1. The quantitative estimate of drug-likeness (QED) is 0.498. The Bertz CT molecular complexity index is 216. The van der Waals surface area contributed by atoms with Gasteiger partial charge in [-0.2, -0.15) is 0 Å². The van der Waals surface area contributed by atoms with Crippen LogP contribution in [0.5, 0.6) is 0 Å². The fourth-order valence-electron chi connectivity index (χ4n) is 0.827. The van der Waals surface area contributed by atoms with Gasteiger partial charge in [-0.1, -0.05) is 42.5 Å². The molecule has 0 atom stereocenters. The monoisotopic (exact) mass is 148 g/mol. The van der Waals surface area contributed by atoms with E-state index in [1.807, 2.05) is 42.5 Å². The number of nitrogens with two attached hydrogens (primary N) is 1. The molecule has 58 valence electrons. The lowest BCUT2D eigenvalue weighted by atomic mass is 10.2. The van der Waals surface area contributed by atoms with Crippen molar-refractivity contribution in [3.63, 3.8) is 0 Å². The molecule has 1 aromatic carbocycles. The standard InChI is InChI=1S/C9H12N2/c10-11-8-4-7-9-5-2-1-3-6-9/h1-7,11H,8,10H2/b7-4-. The van der Waals surface area contributed by atoms with Crippen molar-refractivity contribution >= 4 is 6.08 Å². The first-order valence-corrected chi connectivity index (χ1v) is 3.58. The second-order valence-corrected chi connectivity index (χ2v) is 2.22. The molecule has 3 N–H and O–H groups in total. The topological polar surface area (TPSA) is 38.0 Å². The largest absolute Gasteiger partial charge is 0.271 e. The predicted octanol–water partition coefficient (Wildman–Crippen LogP) is 1.16.